The first-order valence-corrected chi connectivity index (χ1v) is 8.02. The Morgan fingerprint density at radius 3 is 2.40 bits per heavy atom. The third kappa shape index (κ3) is 3.54. The van der Waals surface area contributed by atoms with E-state index in [1.807, 2.05) is 37.3 Å². The van der Waals surface area contributed by atoms with Crippen LogP contribution in [0.5, 0.6) is 0 Å². The highest BCUT2D eigenvalue weighted by atomic mass is 35.5. The predicted molar refractivity (Wildman–Crippen MR) is 83.8 cm³/mol. The minimum Gasteiger partial charge on any atom is -0.345 e. The van der Waals surface area contributed by atoms with Gasteiger partial charge in [-0.3, -0.25) is 4.79 Å². The monoisotopic (exact) mass is 293 g/mol. The van der Waals surface area contributed by atoms with Crippen LogP contribution in [0.25, 0.3) is 0 Å². The lowest BCUT2D eigenvalue weighted by molar-refractivity contribution is -0.127. The Kier molecular flexibility index (Phi) is 5.09. The Morgan fingerprint density at radius 2 is 1.85 bits per heavy atom. The van der Waals surface area contributed by atoms with E-state index < -0.39 is 5.54 Å². The van der Waals surface area contributed by atoms with Crippen LogP contribution in [0, 0.1) is 11.8 Å². The van der Waals surface area contributed by atoms with Crippen LogP contribution in [-0.2, 0) is 10.3 Å². The molecule has 1 aliphatic rings. The zero-order chi connectivity index (χ0) is 14.6. The summed E-state index contributed by atoms with van der Waals surface area (Å²) >= 11 is 6.13. The molecule has 0 aliphatic heterocycles. The fourth-order valence-corrected chi connectivity index (χ4v) is 3.11. The maximum Gasteiger partial charge on any atom is 0.223 e. The number of carbonyl (C=O) groups excluding carboxylic acids is 1. The van der Waals surface area contributed by atoms with Gasteiger partial charge < -0.3 is 5.32 Å². The van der Waals surface area contributed by atoms with Gasteiger partial charge in [-0.2, -0.15) is 0 Å². The summed E-state index contributed by atoms with van der Waals surface area (Å²) in [6.07, 6.45) is 4.31. The second kappa shape index (κ2) is 6.62. The molecule has 1 amide bonds. The van der Waals surface area contributed by atoms with Gasteiger partial charge in [0.25, 0.3) is 0 Å². The van der Waals surface area contributed by atoms with Crippen molar-refractivity contribution in [3.05, 3.63) is 35.9 Å². The molecule has 2 rings (SSSR count). The number of nitrogens with one attached hydrogen (secondary N) is 1. The molecule has 3 heteroatoms. The molecule has 2 nitrogen and oxygen atoms in total. The van der Waals surface area contributed by atoms with Crippen molar-refractivity contribution in [1.29, 1.82) is 0 Å². The lowest BCUT2D eigenvalue weighted by Gasteiger charge is -2.33. The van der Waals surface area contributed by atoms with Crippen molar-refractivity contribution in [2.75, 3.05) is 5.88 Å². The molecule has 0 spiro atoms. The predicted octanol–water partition coefficient (Wildman–Crippen LogP) is 4.08. The summed E-state index contributed by atoms with van der Waals surface area (Å²) in [6, 6.07) is 9.98. The maximum absolute atomic E-state index is 12.5. The number of hydrogen-bond donors (Lipinski definition) is 1. The molecular weight excluding hydrogens is 270 g/mol. The lowest BCUT2D eigenvalue weighted by Crippen LogP contribution is -2.48. The van der Waals surface area contributed by atoms with Crippen LogP contribution in [0.4, 0.5) is 0 Å². The molecule has 1 N–H and O–H groups in total. The van der Waals surface area contributed by atoms with Crippen LogP contribution < -0.4 is 5.32 Å². The van der Waals surface area contributed by atoms with Crippen LogP contribution in [0.1, 0.15) is 45.1 Å². The number of hydrogen-bond acceptors (Lipinski definition) is 1. The summed E-state index contributed by atoms with van der Waals surface area (Å²) in [7, 11) is 0. The number of alkyl halides is 1. The maximum atomic E-state index is 12.5. The highest BCUT2D eigenvalue weighted by Crippen LogP contribution is 2.30. The summed E-state index contributed by atoms with van der Waals surface area (Å²) in [4.78, 5) is 12.5. The smallest absolute Gasteiger partial charge is 0.223 e. The van der Waals surface area contributed by atoms with Crippen molar-refractivity contribution < 1.29 is 4.79 Å². The second-order valence-electron chi connectivity index (χ2n) is 6.28. The highest BCUT2D eigenvalue weighted by molar-refractivity contribution is 6.18. The Morgan fingerprint density at radius 1 is 1.25 bits per heavy atom. The quantitative estimate of drug-likeness (QED) is 0.833. The van der Waals surface area contributed by atoms with Gasteiger partial charge >= 0.3 is 0 Å². The first kappa shape index (κ1) is 15.4. The van der Waals surface area contributed by atoms with Crippen molar-refractivity contribution in [2.24, 2.45) is 11.8 Å². The minimum atomic E-state index is -0.483. The fourth-order valence-electron chi connectivity index (χ4n) is 2.88. The van der Waals surface area contributed by atoms with Crippen molar-refractivity contribution in [3.8, 4) is 0 Å². The largest absolute Gasteiger partial charge is 0.345 e. The number of rotatable bonds is 4. The molecule has 1 aromatic rings. The summed E-state index contributed by atoms with van der Waals surface area (Å²) < 4.78 is 0. The standard InChI is InChI=1S/C17H24ClNO/c1-13-8-10-14(11-9-13)16(20)19-17(2,12-18)15-6-4-3-5-7-15/h3-7,13-14H,8-12H2,1-2H3,(H,19,20). The van der Waals surface area contributed by atoms with Crippen LogP contribution >= 0.6 is 11.6 Å². The van der Waals surface area contributed by atoms with Crippen LogP contribution in [0.3, 0.4) is 0 Å². The summed E-state index contributed by atoms with van der Waals surface area (Å²) in [5.74, 6) is 1.44. The average Bonchev–Trinajstić information content (AvgIpc) is 2.48. The van der Waals surface area contributed by atoms with Crippen molar-refractivity contribution in [3.63, 3.8) is 0 Å². The van der Waals surface area contributed by atoms with Gasteiger partial charge in [0.2, 0.25) is 5.91 Å². The molecule has 1 atom stereocenters. The van der Waals surface area contributed by atoms with Gasteiger partial charge in [0.15, 0.2) is 0 Å². The molecule has 0 heterocycles. The van der Waals surface area contributed by atoms with E-state index in [1.54, 1.807) is 0 Å². The second-order valence-corrected chi connectivity index (χ2v) is 6.55. The van der Waals surface area contributed by atoms with E-state index in [2.05, 4.69) is 12.2 Å². The number of amides is 1. The third-order valence-corrected chi connectivity index (χ3v) is 5.00. The van der Waals surface area contributed by atoms with E-state index in [1.165, 1.54) is 0 Å². The molecule has 0 bridgehead atoms. The Bertz CT molecular complexity index is 440. The van der Waals surface area contributed by atoms with Crippen molar-refractivity contribution in [1.82, 2.24) is 5.32 Å². The van der Waals surface area contributed by atoms with Gasteiger partial charge in [0.05, 0.1) is 5.54 Å². The fraction of sp³-hybridized carbons (Fsp3) is 0.588. The summed E-state index contributed by atoms with van der Waals surface area (Å²) in [5, 5.41) is 3.17. The van der Waals surface area contributed by atoms with Crippen LogP contribution in [0.2, 0.25) is 0 Å². The normalized spacial score (nSPS) is 25.8. The Labute approximate surface area is 126 Å². The van der Waals surface area contributed by atoms with Crippen molar-refractivity contribution >= 4 is 17.5 Å². The van der Waals surface area contributed by atoms with Gasteiger partial charge in [0, 0.05) is 11.8 Å². The molecule has 1 aliphatic carbocycles. The van der Waals surface area contributed by atoms with E-state index in [4.69, 9.17) is 11.6 Å². The van der Waals surface area contributed by atoms with Crippen LogP contribution in [-0.4, -0.2) is 11.8 Å². The van der Waals surface area contributed by atoms with E-state index in [-0.39, 0.29) is 11.8 Å². The lowest BCUT2D eigenvalue weighted by atomic mass is 9.82. The molecule has 1 unspecified atom stereocenters. The van der Waals surface area contributed by atoms with Crippen molar-refractivity contribution in [2.45, 2.75) is 45.1 Å². The summed E-state index contributed by atoms with van der Waals surface area (Å²) in [6.45, 7) is 4.26. The Balaban J connectivity index is 2.04. The molecule has 110 valence electrons. The number of benzene rings is 1. The van der Waals surface area contributed by atoms with Crippen LogP contribution in [0.15, 0.2) is 30.3 Å². The molecule has 0 saturated heterocycles. The van der Waals surface area contributed by atoms with Gasteiger partial charge in [-0.15, -0.1) is 11.6 Å². The molecule has 0 aromatic heterocycles. The molecular formula is C17H24ClNO. The van der Waals surface area contributed by atoms with E-state index in [0.29, 0.717) is 5.88 Å². The highest BCUT2D eigenvalue weighted by Gasteiger charge is 2.32. The average molecular weight is 294 g/mol. The van der Waals surface area contributed by atoms with E-state index in [0.717, 1.165) is 37.2 Å². The SMILES string of the molecule is CC1CCC(C(=O)NC(C)(CCl)c2ccccc2)CC1. The molecule has 1 aromatic carbocycles. The summed E-state index contributed by atoms with van der Waals surface area (Å²) in [5.41, 5.74) is 0.579. The van der Waals surface area contributed by atoms with Gasteiger partial charge in [0.1, 0.15) is 0 Å². The van der Waals surface area contributed by atoms with Gasteiger partial charge in [-0.25, -0.2) is 0 Å². The number of carbonyl (C=O) groups is 1. The molecule has 1 saturated carbocycles. The topological polar surface area (TPSA) is 29.1 Å². The minimum absolute atomic E-state index is 0.150. The molecule has 1 fully saturated rings. The zero-order valence-corrected chi connectivity index (χ0v) is 13.1. The van der Waals surface area contributed by atoms with E-state index in [9.17, 15) is 4.79 Å². The van der Waals surface area contributed by atoms with Gasteiger partial charge in [-0.05, 0) is 44.1 Å². The third-order valence-electron chi connectivity index (χ3n) is 4.46. The molecule has 20 heavy (non-hydrogen) atoms. The van der Waals surface area contributed by atoms with E-state index >= 15 is 0 Å². The van der Waals surface area contributed by atoms with Gasteiger partial charge in [-0.1, -0.05) is 37.3 Å². The first-order chi connectivity index (χ1) is 9.55. The zero-order valence-electron chi connectivity index (χ0n) is 12.4. The molecule has 0 radical (unpaired) electrons. The number of halogens is 1. The Hall–Kier alpha value is -1.02. The first-order valence-electron chi connectivity index (χ1n) is 7.48.